The number of nitrogens with one attached hydrogen (secondary N) is 1. The van der Waals surface area contributed by atoms with E-state index < -0.39 is 6.17 Å². The molecule has 0 bridgehead atoms. The SMILES string of the molecule is CCCSC1=NN2C(=c3ccccc3=N[C@@H]2c2ccc3c(c2)OCO3)C(=O)N1. The summed E-state index contributed by atoms with van der Waals surface area (Å²) in [7, 11) is 0. The molecule has 2 aromatic rings. The molecule has 0 aromatic heterocycles. The van der Waals surface area contributed by atoms with Crippen LogP contribution in [0.1, 0.15) is 25.1 Å². The summed E-state index contributed by atoms with van der Waals surface area (Å²) in [5, 5.41) is 11.5. The first-order valence-corrected chi connectivity index (χ1v) is 10.1. The predicted octanol–water partition coefficient (Wildman–Crippen LogP) is 1.70. The Morgan fingerprint density at radius 3 is 2.96 bits per heavy atom. The fraction of sp³-hybridized carbons (Fsp3) is 0.250. The molecule has 28 heavy (non-hydrogen) atoms. The molecule has 5 rings (SSSR count). The lowest BCUT2D eigenvalue weighted by atomic mass is 10.1. The van der Waals surface area contributed by atoms with Crippen molar-refractivity contribution in [1.82, 2.24) is 10.3 Å². The fourth-order valence-electron chi connectivity index (χ4n) is 3.38. The minimum atomic E-state index is -0.456. The third-order valence-electron chi connectivity index (χ3n) is 4.65. The van der Waals surface area contributed by atoms with E-state index in [1.165, 1.54) is 11.8 Å². The smallest absolute Gasteiger partial charge is 0.276 e. The molecule has 7 nitrogen and oxygen atoms in total. The first-order chi connectivity index (χ1) is 13.7. The number of hydrogen-bond acceptors (Lipinski definition) is 7. The van der Waals surface area contributed by atoms with E-state index in [0.29, 0.717) is 22.4 Å². The fourth-order valence-corrected chi connectivity index (χ4v) is 4.09. The zero-order valence-corrected chi connectivity index (χ0v) is 16.0. The van der Waals surface area contributed by atoms with Gasteiger partial charge in [-0.3, -0.25) is 15.1 Å². The number of carbonyl (C=O) groups is 1. The molecule has 142 valence electrons. The van der Waals surface area contributed by atoms with Gasteiger partial charge in [0.05, 0.1) is 5.36 Å². The van der Waals surface area contributed by atoms with Crippen molar-refractivity contribution in [2.45, 2.75) is 19.5 Å². The molecule has 1 N–H and O–H groups in total. The molecular weight excluding hydrogens is 376 g/mol. The highest BCUT2D eigenvalue weighted by molar-refractivity contribution is 8.13. The van der Waals surface area contributed by atoms with Crippen LogP contribution in [0.5, 0.6) is 11.5 Å². The quantitative estimate of drug-likeness (QED) is 0.858. The number of ether oxygens (including phenoxy) is 2. The van der Waals surface area contributed by atoms with Gasteiger partial charge in [0.15, 0.2) is 22.8 Å². The first kappa shape index (κ1) is 17.1. The van der Waals surface area contributed by atoms with Crippen molar-refractivity contribution in [2.75, 3.05) is 12.5 Å². The summed E-state index contributed by atoms with van der Waals surface area (Å²) in [4.78, 5) is 17.8. The summed E-state index contributed by atoms with van der Waals surface area (Å²) in [6, 6.07) is 13.3. The van der Waals surface area contributed by atoms with Crippen LogP contribution < -0.4 is 25.4 Å². The molecule has 0 saturated heterocycles. The highest BCUT2D eigenvalue weighted by atomic mass is 32.2. The molecule has 0 fully saturated rings. The lowest BCUT2D eigenvalue weighted by Crippen LogP contribution is -2.50. The lowest BCUT2D eigenvalue weighted by molar-refractivity contribution is -0.116. The van der Waals surface area contributed by atoms with Crippen molar-refractivity contribution in [3.8, 4) is 11.5 Å². The number of carbonyl (C=O) groups excluding carboxylic acids is 1. The van der Waals surface area contributed by atoms with E-state index in [1.54, 1.807) is 5.01 Å². The minimum absolute atomic E-state index is 0.165. The molecule has 8 heteroatoms. The van der Waals surface area contributed by atoms with Crippen LogP contribution in [-0.4, -0.2) is 28.6 Å². The van der Waals surface area contributed by atoms with Gasteiger partial charge >= 0.3 is 0 Å². The number of benzene rings is 2. The summed E-state index contributed by atoms with van der Waals surface area (Å²) >= 11 is 1.53. The highest BCUT2D eigenvalue weighted by Crippen LogP contribution is 2.38. The maximum absolute atomic E-state index is 13.0. The van der Waals surface area contributed by atoms with Gasteiger partial charge in [0.1, 0.15) is 5.70 Å². The van der Waals surface area contributed by atoms with E-state index in [1.807, 2.05) is 42.5 Å². The van der Waals surface area contributed by atoms with E-state index >= 15 is 0 Å². The first-order valence-electron chi connectivity index (χ1n) is 9.13. The summed E-state index contributed by atoms with van der Waals surface area (Å²) < 4.78 is 10.9. The Balaban J connectivity index is 1.67. The molecule has 3 aliphatic rings. The highest BCUT2D eigenvalue weighted by Gasteiger charge is 2.34. The van der Waals surface area contributed by atoms with Crippen molar-refractivity contribution in [1.29, 1.82) is 0 Å². The van der Waals surface area contributed by atoms with Crippen LogP contribution in [-0.2, 0) is 4.79 Å². The Bertz CT molecular complexity index is 1110. The maximum Gasteiger partial charge on any atom is 0.276 e. The number of fused-ring (bicyclic) bond motifs is 3. The van der Waals surface area contributed by atoms with Crippen LogP contribution in [0.3, 0.4) is 0 Å². The molecule has 2 aromatic carbocycles. The summed E-state index contributed by atoms with van der Waals surface area (Å²) in [6.45, 7) is 2.31. The summed E-state index contributed by atoms with van der Waals surface area (Å²) in [6.07, 6.45) is 0.539. The van der Waals surface area contributed by atoms with Gasteiger partial charge in [0.2, 0.25) is 6.79 Å². The zero-order chi connectivity index (χ0) is 19.1. The van der Waals surface area contributed by atoms with Crippen LogP contribution in [0, 0.1) is 0 Å². The number of hydrazone groups is 1. The van der Waals surface area contributed by atoms with Gasteiger partial charge < -0.3 is 9.47 Å². The Kier molecular flexibility index (Phi) is 4.20. The van der Waals surface area contributed by atoms with E-state index in [4.69, 9.17) is 19.6 Å². The molecule has 3 heterocycles. The molecule has 0 saturated carbocycles. The van der Waals surface area contributed by atoms with Gasteiger partial charge in [-0.2, -0.15) is 0 Å². The molecular formula is C20H18N4O3S. The van der Waals surface area contributed by atoms with Crippen molar-refractivity contribution in [3.63, 3.8) is 0 Å². The number of amidine groups is 1. The molecule has 0 spiro atoms. The second-order valence-electron chi connectivity index (χ2n) is 6.53. The van der Waals surface area contributed by atoms with Crippen LogP contribution in [0.4, 0.5) is 0 Å². The average molecular weight is 394 g/mol. The predicted molar refractivity (Wildman–Crippen MR) is 106 cm³/mol. The number of nitrogens with zero attached hydrogens (tertiary/aromatic N) is 3. The number of amides is 1. The van der Waals surface area contributed by atoms with Crippen molar-refractivity contribution >= 4 is 28.5 Å². The number of rotatable bonds is 3. The van der Waals surface area contributed by atoms with Crippen LogP contribution in [0.15, 0.2) is 52.6 Å². The molecule has 0 aliphatic carbocycles. The number of hydrogen-bond donors (Lipinski definition) is 1. The molecule has 0 unspecified atom stereocenters. The second kappa shape index (κ2) is 6.87. The Hall–Kier alpha value is -3.00. The molecule has 3 aliphatic heterocycles. The van der Waals surface area contributed by atoms with Gasteiger partial charge in [-0.15, -0.1) is 5.10 Å². The molecule has 1 amide bonds. The van der Waals surface area contributed by atoms with Crippen LogP contribution >= 0.6 is 11.8 Å². The minimum Gasteiger partial charge on any atom is -0.454 e. The van der Waals surface area contributed by atoms with Crippen LogP contribution in [0.25, 0.3) is 5.70 Å². The second-order valence-corrected chi connectivity index (χ2v) is 7.62. The molecule has 1 atom stereocenters. The Morgan fingerprint density at radius 2 is 2.07 bits per heavy atom. The van der Waals surface area contributed by atoms with Gasteiger partial charge in [-0.05, 0) is 24.6 Å². The zero-order valence-electron chi connectivity index (χ0n) is 15.2. The van der Waals surface area contributed by atoms with E-state index in [2.05, 4.69) is 12.2 Å². The largest absolute Gasteiger partial charge is 0.454 e. The topological polar surface area (TPSA) is 75.5 Å². The van der Waals surface area contributed by atoms with Gasteiger partial charge in [0.25, 0.3) is 5.91 Å². The normalized spacial score (nSPS) is 19.4. The monoisotopic (exact) mass is 394 g/mol. The lowest BCUT2D eigenvalue weighted by Gasteiger charge is -2.34. The molecule has 0 radical (unpaired) electrons. The van der Waals surface area contributed by atoms with E-state index in [0.717, 1.165) is 28.3 Å². The maximum atomic E-state index is 13.0. The number of thioether (sulfide) groups is 1. The number of para-hydroxylation sites is 1. The van der Waals surface area contributed by atoms with Gasteiger partial charge in [-0.1, -0.05) is 43.0 Å². The summed E-state index contributed by atoms with van der Waals surface area (Å²) in [5.41, 5.74) is 1.39. The van der Waals surface area contributed by atoms with Crippen molar-refractivity contribution in [2.24, 2.45) is 10.1 Å². The van der Waals surface area contributed by atoms with Crippen molar-refractivity contribution in [3.05, 3.63) is 58.6 Å². The van der Waals surface area contributed by atoms with Gasteiger partial charge in [-0.25, -0.2) is 5.01 Å². The van der Waals surface area contributed by atoms with Gasteiger partial charge in [0, 0.05) is 16.5 Å². The summed E-state index contributed by atoms with van der Waals surface area (Å²) in [5.74, 6) is 2.11. The Labute approximate surface area is 165 Å². The van der Waals surface area contributed by atoms with E-state index in [9.17, 15) is 4.79 Å². The average Bonchev–Trinajstić information content (AvgIpc) is 3.19. The third kappa shape index (κ3) is 2.80. The third-order valence-corrected chi connectivity index (χ3v) is 5.72. The Morgan fingerprint density at radius 1 is 1.21 bits per heavy atom. The standard InChI is InChI=1S/C20H18N4O3S/c1-2-9-28-20-22-19(25)17-13-5-3-4-6-14(13)21-18(24(17)23-20)12-7-8-15-16(10-12)27-11-26-15/h3-8,10,18H,2,9,11H2,1H3,(H,22,23,25)/t18-/m0/s1. The van der Waals surface area contributed by atoms with Crippen molar-refractivity contribution < 1.29 is 14.3 Å². The van der Waals surface area contributed by atoms with E-state index in [-0.39, 0.29) is 12.7 Å². The van der Waals surface area contributed by atoms with Crippen LogP contribution in [0.2, 0.25) is 0 Å².